The number of unbranched alkanes of at least 4 members (excludes halogenated alkanes) is 2. The van der Waals surface area contributed by atoms with Crippen LogP contribution in [0.4, 0.5) is 0 Å². The van der Waals surface area contributed by atoms with Crippen molar-refractivity contribution in [1.29, 1.82) is 0 Å². The highest BCUT2D eigenvalue weighted by atomic mass is 16.5. The van der Waals surface area contributed by atoms with Crippen LogP contribution in [0.2, 0.25) is 0 Å². The second kappa shape index (κ2) is 7.47. The highest BCUT2D eigenvalue weighted by Crippen LogP contribution is 2.18. The molecule has 0 amide bonds. The van der Waals surface area contributed by atoms with Crippen molar-refractivity contribution >= 4 is 0 Å². The van der Waals surface area contributed by atoms with Gasteiger partial charge in [-0.1, -0.05) is 36.4 Å². The summed E-state index contributed by atoms with van der Waals surface area (Å²) in [6, 6.07) is 17.5. The molecule has 100 valence electrons. The molecule has 0 atom stereocenters. The third kappa shape index (κ3) is 5.04. The number of hydrogen-bond acceptors (Lipinski definition) is 2. The maximum absolute atomic E-state index is 9.30. The van der Waals surface area contributed by atoms with Crippen LogP contribution in [0, 0.1) is 0 Å². The Balaban J connectivity index is 1.58. The molecule has 19 heavy (non-hydrogen) atoms. The molecule has 0 fully saturated rings. The summed E-state index contributed by atoms with van der Waals surface area (Å²) in [6.45, 7) is 0.707. The molecule has 0 heterocycles. The number of aromatic hydroxyl groups is 1. The van der Waals surface area contributed by atoms with Crippen molar-refractivity contribution in [3.8, 4) is 11.5 Å². The average Bonchev–Trinajstić information content (AvgIpc) is 2.44. The van der Waals surface area contributed by atoms with Crippen LogP contribution in [0.25, 0.3) is 0 Å². The monoisotopic (exact) mass is 256 g/mol. The van der Waals surface area contributed by atoms with Crippen molar-refractivity contribution in [2.75, 3.05) is 6.61 Å². The summed E-state index contributed by atoms with van der Waals surface area (Å²) in [5, 5.41) is 9.30. The van der Waals surface area contributed by atoms with Crippen LogP contribution >= 0.6 is 0 Å². The minimum atomic E-state index is 0.251. The lowest BCUT2D eigenvalue weighted by Gasteiger charge is -2.06. The molecule has 0 spiro atoms. The van der Waals surface area contributed by atoms with Gasteiger partial charge < -0.3 is 9.84 Å². The van der Waals surface area contributed by atoms with E-state index >= 15 is 0 Å². The fourth-order valence-electron chi connectivity index (χ4n) is 2.02. The van der Waals surface area contributed by atoms with Crippen LogP contribution < -0.4 is 4.74 Å². The van der Waals surface area contributed by atoms with Crippen LogP contribution in [0.15, 0.2) is 54.6 Å². The van der Waals surface area contributed by atoms with E-state index in [2.05, 4.69) is 24.3 Å². The number of ether oxygens (including phenoxy) is 1. The smallest absolute Gasteiger partial charge is 0.122 e. The molecule has 0 aliphatic rings. The maximum Gasteiger partial charge on any atom is 0.122 e. The zero-order chi connectivity index (χ0) is 13.3. The summed E-state index contributed by atoms with van der Waals surface area (Å²) < 4.78 is 5.58. The van der Waals surface area contributed by atoms with Crippen molar-refractivity contribution in [1.82, 2.24) is 0 Å². The van der Waals surface area contributed by atoms with E-state index in [-0.39, 0.29) is 5.75 Å². The van der Waals surface area contributed by atoms with Gasteiger partial charge in [0.2, 0.25) is 0 Å². The largest absolute Gasteiger partial charge is 0.508 e. The molecular weight excluding hydrogens is 236 g/mol. The second-order valence-electron chi connectivity index (χ2n) is 4.64. The molecule has 0 bridgehead atoms. The first-order valence-electron chi connectivity index (χ1n) is 6.80. The lowest BCUT2D eigenvalue weighted by atomic mass is 10.1. The SMILES string of the molecule is Oc1cccc(OCCCCCc2ccccc2)c1. The first kappa shape index (κ1) is 13.5. The predicted molar refractivity (Wildman–Crippen MR) is 77.6 cm³/mol. The van der Waals surface area contributed by atoms with Gasteiger partial charge in [0.25, 0.3) is 0 Å². The number of phenols is 1. The predicted octanol–water partition coefficient (Wildman–Crippen LogP) is 4.18. The quantitative estimate of drug-likeness (QED) is 0.753. The zero-order valence-corrected chi connectivity index (χ0v) is 11.1. The molecule has 2 heteroatoms. The standard InChI is InChI=1S/C17H20O2/c18-16-11-7-12-17(14-16)19-13-6-2-5-10-15-8-3-1-4-9-15/h1,3-4,7-9,11-12,14,18H,2,5-6,10,13H2. The molecular formula is C17H20O2. The summed E-state index contributed by atoms with van der Waals surface area (Å²) in [6.07, 6.45) is 4.52. The van der Waals surface area contributed by atoms with Crippen LogP contribution in [0.1, 0.15) is 24.8 Å². The van der Waals surface area contributed by atoms with Crippen molar-refractivity contribution in [3.05, 3.63) is 60.2 Å². The first-order chi connectivity index (χ1) is 9.34. The van der Waals surface area contributed by atoms with Gasteiger partial charge in [0, 0.05) is 6.07 Å². The van der Waals surface area contributed by atoms with E-state index in [0.717, 1.165) is 25.0 Å². The number of phenolic OH excluding ortho intramolecular Hbond substituents is 1. The van der Waals surface area contributed by atoms with Crippen molar-refractivity contribution in [2.24, 2.45) is 0 Å². The minimum absolute atomic E-state index is 0.251. The van der Waals surface area contributed by atoms with Crippen molar-refractivity contribution in [2.45, 2.75) is 25.7 Å². The number of hydrogen-bond donors (Lipinski definition) is 1. The molecule has 1 N–H and O–H groups in total. The Morgan fingerprint density at radius 3 is 2.47 bits per heavy atom. The summed E-state index contributed by atoms with van der Waals surface area (Å²) in [4.78, 5) is 0. The van der Waals surface area contributed by atoms with Crippen molar-refractivity contribution in [3.63, 3.8) is 0 Å². The first-order valence-corrected chi connectivity index (χ1v) is 6.80. The van der Waals surface area contributed by atoms with E-state index in [1.54, 1.807) is 18.2 Å². The van der Waals surface area contributed by atoms with Crippen LogP contribution in [0.3, 0.4) is 0 Å². The molecule has 0 saturated carbocycles. The second-order valence-corrected chi connectivity index (χ2v) is 4.64. The molecule has 2 rings (SSSR count). The fourth-order valence-corrected chi connectivity index (χ4v) is 2.02. The Labute approximate surface area is 114 Å². The molecule has 2 aromatic rings. The van der Waals surface area contributed by atoms with E-state index < -0.39 is 0 Å². The Morgan fingerprint density at radius 1 is 0.842 bits per heavy atom. The molecule has 0 aliphatic carbocycles. The number of aryl methyl sites for hydroxylation is 1. The highest BCUT2D eigenvalue weighted by molar-refractivity contribution is 5.31. The number of benzene rings is 2. The van der Waals surface area contributed by atoms with Crippen molar-refractivity contribution < 1.29 is 9.84 Å². The molecule has 0 radical (unpaired) electrons. The van der Waals surface area contributed by atoms with Gasteiger partial charge in [0.05, 0.1) is 6.61 Å². The van der Waals surface area contributed by atoms with Gasteiger partial charge >= 0.3 is 0 Å². The third-order valence-corrected chi connectivity index (χ3v) is 3.04. The van der Waals surface area contributed by atoms with Crippen LogP contribution in [-0.4, -0.2) is 11.7 Å². The van der Waals surface area contributed by atoms with Gasteiger partial charge in [0.1, 0.15) is 11.5 Å². The van der Waals surface area contributed by atoms with Crippen LogP contribution in [0.5, 0.6) is 11.5 Å². The van der Waals surface area contributed by atoms with E-state index in [1.807, 2.05) is 12.1 Å². The maximum atomic E-state index is 9.30. The zero-order valence-electron chi connectivity index (χ0n) is 11.1. The highest BCUT2D eigenvalue weighted by Gasteiger charge is 1.96. The Bertz CT molecular complexity index is 480. The summed E-state index contributed by atoms with van der Waals surface area (Å²) in [5.74, 6) is 0.990. The topological polar surface area (TPSA) is 29.5 Å². The Hall–Kier alpha value is -1.96. The van der Waals surface area contributed by atoms with Gasteiger partial charge in [-0.15, -0.1) is 0 Å². The fraction of sp³-hybridized carbons (Fsp3) is 0.294. The lowest BCUT2D eigenvalue weighted by molar-refractivity contribution is 0.303. The Kier molecular flexibility index (Phi) is 5.30. The molecule has 2 aromatic carbocycles. The lowest BCUT2D eigenvalue weighted by Crippen LogP contribution is -1.97. The van der Waals surface area contributed by atoms with Gasteiger partial charge in [0.15, 0.2) is 0 Å². The van der Waals surface area contributed by atoms with E-state index in [1.165, 1.54) is 12.0 Å². The van der Waals surface area contributed by atoms with Gasteiger partial charge in [-0.25, -0.2) is 0 Å². The van der Waals surface area contributed by atoms with Gasteiger partial charge in [-0.05, 0) is 43.4 Å². The van der Waals surface area contributed by atoms with E-state index in [0.29, 0.717) is 6.61 Å². The summed E-state index contributed by atoms with van der Waals surface area (Å²) in [7, 11) is 0. The molecule has 0 aromatic heterocycles. The Morgan fingerprint density at radius 2 is 1.68 bits per heavy atom. The summed E-state index contributed by atoms with van der Waals surface area (Å²) in [5.41, 5.74) is 1.40. The molecule has 0 aliphatic heterocycles. The molecule has 0 saturated heterocycles. The van der Waals surface area contributed by atoms with E-state index in [9.17, 15) is 5.11 Å². The number of rotatable bonds is 7. The molecule has 0 unspecified atom stereocenters. The average molecular weight is 256 g/mol. The van der Waals surface area contributed by atoms with Gasteiger partial charge in [-0.2, -0.15) is 0 Å². The third-order valence-electron chi connectivity index (χ3n) is 3.04. The van der Waals surface area contributed by atoms with E-state index in [4.69, 9.17) is 4.74 Å². The minimum Gasteiger partial charge on any atom is -0.508 e. The van der Waals surface area contributed by atoms with Crippen LogP contribution in [-0.2, 0) is 6.42 Å². The normalized spacial score (nSPS) is 10.3. The molecule has 2 nitrogen and oxygen atoms in total. The van der Waals surface area contributed by atoms with Gasteiger partial charge in [-0.3, -0.25) is 0 Å². The summed E-state index contributed by atoms with van der Waals surface area (Å²) >= 11 is 0.